The van der Waals surface area contributed by atoms with Crippen LogP contribution in [-0.2, 0) is 16.0 Å². The molecule has 0 aliphatic heterocycles. The van der Waals surface area contributed by atoms with E-state index in [0.29, 0.717) is 11.5 Å². The van der Waals surface area contributed by atoms with Crippen molar-refractivity contribution in [2.45, 2.75) is 18.4 Å². The summed E-state index contributed by atoms with van der Waals surface area (Å²) in [6.45, 7) is 0.112. The number of ether oxygens (including phenoxy) is 3. The van der Waals surface area contributed by atoms with Gasteiger partial charge in [0.25, 0.3) is 0 Å². The molecule has 0 heterocycles. The lowest BCUT2D eigenvalue weighted by atomic mass is 9.98. The molecule has 0 aromatic heterocycles. The molecule has 4 aromatic carbocycles. The molecule has 5 rings (SSSR count). The highest BCUT2D eigenvalue weighted by molar-refractivity contribution is 5.81. The minimum absolute atomic E-state index is 0.0979. The third kappa shape index (κ3) is 5.43. The van der Waals surface area contributed by atoms with Crippen LogP contribution in [0.3, 0.4) is 0 Å². The molecule has 0 saturated heterocycles. The van der Waals surface area contributed by atoms with Crippen LogP contribution in [0, 0.1) is 0 Å². The van der Waals surface area contributed by atoms with Gasteiger partial charge in [-0.2, -0.15) is 0 Å². The molecule has 7 nitrogen and oxygen atoms in total. The maximum absolute atomic E-state index is 12.7. The van der Waals surface area contributed by atoms with Crippen LogP contribution >= 0.6 is 0 Å². The van der Waals surface area contributed by atoms with Crippen molar-refractivity contribution in [1.29, 1.82) is 0 Å². The Morgan fingerprint density at radius 1 is 0.795 bits per heavy atom. The van der Waals surface area contributed by atoms with E-state index in [2.05, 4.69) is 17.4 Å². The number of amides is 1. The van der Waals surface area contributed by atoms with E-state index in [1.165, 1.54) is 0 Å². The summed E-state index contributed by atoms with van der Waals surface area (Å²) in [5, 5.41) is 12.4. The topological polar surface area (TPSA) is 94.1 Å². The molecule has 0 fully saturated rings. The molecule has 0 radical (unpaired) electrons. The molecular weight excluding hydrogens is 494 g/mol. The van der Waals surface area contributed by atoms with Gasteiger partial charge in [-0.3, -0.25) is 0 Å². The first-order chi connectivity index (χ1) is 19.0. The van der Waals surface area contributed by atoms with Gasteiger partial charge in [0.15, 0.2) is 11.5 Å². The number of hydrogen-bond donors (Lipinski definition) is 2. The van der Waals surface area contributed by atoms with Crippen LogP contribution in [0.25, 0.3) is 22.3 Å². The Kier molecular flexibility index (Phi) is 7.50. The van der Waals surface area contributed by atoms with Crippen molar-refractivity contribution in [3.05, 3.63) is 108 Å². The number of carboxylic acid groups (broad SMARTS) is 1. The number of rotatable bonds is 9. The normalized spacial score (nSPS) is 12.7. The number of aliphatic carboxylic acids is 1. The minimum atomic E-state index is -1.15. The van der Waals surface area contributed by atoms with Gasteiger partial charge < -0.3 is 24.6 Å². The van der Waals surface area contributed by atoms with Crippen molar-refractivity contribution in [3.63, 3.8) is 0 Å². The van der Waals surface area contributed by atoms with Crippen molar-refractivity contribution in [2.24, 2.45) is 0 Å². The summed E-state index contributed by atoms with van der Waals surface area (Å²) in [6.07, 6.45) is -0.666. The lowest BCUT2D eigenvalue weighted by molar-refractivity contribution is -0.139. The van der Waals surface area contributed by atoms with Crippen molar-refractivity contribution >= 4 is 12.1 Å². The van der Waals surface area contributed by atoms with Gasteiger partial charge in [0.1, 0.15) is 12.6 Å². The summed E-state index contributed by atoms with van der Waals surface area (Å²) in [4.78, 5) is 24.8. The molecule has 0 saturated carbocycles. The summed E-state index contributed by atoms with van der Waals surface area (Å²) >= 11 is 0. The SMILES string of the molecule is COc1ccc(-c2cccc(CC(NC(=O)OCC3c4ccccc4-c4ccccc43)C(=O)O)c2)cc1OC. The number of fused-ring (bicyclic) bond motifs is 3. The van der Waals surface area contributed by atoms with Gasteiger partial charge in [-0.15, -0.1) is 0 Å². The average Bonchev–Trinajstić information content (AvgIpc) is 3.29. The fourth-order valence-electron chi connectivity index (χ4n) is 5.11. The molecule has 0 spiro atoms. The highest BCUT2D eigenvalue weighted by Gasteiger charge is 2.29. The zero-order valence-corrected chi connectivity index (χ0v) is 21.7. The Hall–Kier alpha value is -4.78. The van der Waals surface area contributed by atoms with E-state index >= 15 is 0 Å². The van der Waals surface area contributed by atoms with E-state index in [0.717, 1.165) is 38.9 Å². The first-order valence-electron chi connectivity index (χ1n) is 12.6. The fraction of sp³-hybridized carbons (Fsp3) is 0.188. The molecule has 4 aromatic rings. The number of carboxylic acids is 1. The van der Waals surface area contributed by atoms with E-state index in [9.17, 15) is 14.7 Å². The molecule has 2 N–H and O–H groups in total. The molecule has 0 bridgehead atoms. The molecule has 1 amide bonds. The highest BCUT2D eigenvalue weighted by atomic mass is 16.5. The average molecular weight is 524 g/mol. The van der Waals surface area contributed by atoms with Gasteiger partial charge in [0.2, 0.25) is 0 Å². The molecular formula is C32H29NO6. The second-order valence-electron chi connectivity index (χ2n) is 9.33. The Morgan fingerprint density at radius 3 is 2.08 bits per heavy atom. The van der Waals surface area contributed by atoms with Crippen LogP contribution in [0.15, 0.2) is 91.0 Å². The van der Waals surface area contributed by atoms with E-state index in [1.807, 2.05) is 78.9 Å². The third-order valence-electron chi connectivity index (χ3n) is 7.02. The number of nitrogens with one attached hydrogen (secondary N) is 1. The Balaban J connectivity index is 1.26. The second kappa shape index (κ2) is 11.3. The third-order valence-corrected chi connectivity index (χ3v) is 7.02. The van der Waals surface area contributed by atoms with Gasteiger partial charge in [0, 0.05) is 12.3 Å². The molecule has 1 atom stereocenters. The number of alkyl carbamates (subject to hydrolysis) is 1. The predicted octanol–water partition coefficient (Wildman–Crippen LogP) is 5.91. The van der Waals surface area contributed by atoms with Crippen molar-refractivity contribution in [3.8, 4) is 33.8 Å². The zero-order valence-electron chi connectivity index (χ0n) is 21.7. The van der Waals surface area contributed by atoms with Crippen LogP contribution in [0.2, 0.25) is 0 Å². The van der Waals surface area contributed by atoms with Gasteiger partial charge in [0.05, 0.1) is 14.2 Å². The van der Waals surface area contributed by atoms with Crippen molar-refractivity contribution < 1.29 is 28.9 Å². The van der Waals surface area contributed by atoms with Crippen molar-refractivity contribution in [1.82, 2.24) is 5.32 Å². The van der Waals surface area contributed by atoms with Gasteiger partial charge in [-0.25, -0.2) is 9.59 Å². The highest BCUT2D eigenvalue weighted by Crippen LogP contribution is 2.44. The van der Waals surface area contributed by atoms with Gasteiger partial charge >= 0.3 is 12.1 Å². The first-order valence-corrected chi connectivity index (χ1v) is 12.6. The summed E-state index contributed by atoms with van der Waals surface area (Å²) in [7, 11) is 3.15. The van der Waals surface area contributed by atoms with E-state index in [-0.39, 0.29) is 18.9 Å². The van der Waals surface area contributed by atoms with E-state index in [4.69, 9.17) is 14.2 Å². The van der Waals surface area contributed by atoms with Crippen LogP contribution in [0.4, 0.5) is 4.79 Å². The van der Waals surface area contributed by atoms with Gasteiger partial charge in [-0.1, -0.05) is 78.9 Å². The number of hydrogen-bond acceptors (Lipinski definition) is 5. The molecule has 7 heteroatoms. The molecule has 1 aliphatic carbocycles. The van der Waals surface area contributed by atoms with E-state index in [1.54, 1.807) is 14.2 Å². The Morgan fingerprint density at radius 2 is 1.44 bits per heavy atom. The smallest absolute Gasteiger partial charge is 0.407 e. The molecule has 39 heavy (non-hydrogen) atoms. The van der Waals surface area contributed by atoms with Crippen LogP contribution < -0.4 is 14.8 Å². The van der Waals surface area contributed by atoms with Crippen LogP contribution in [0.5, 0.6) is 11.5 Å². The number of benzene rings is 4. The predicted molar refractivity (Wildman–Crippen MR) is 148 cm³/mol. The summed E-state index contributed by atoms with van der Waals surface area (Å²) in [5.41, 5.74) is 6.97. The Bertz CT molecular complexity index is 1470. The van der Waals surface area contributed by atoms with Crippen LogP contribution in [0.1, 0.15) is 22.6 Å². The first kappa shape index (κ1) is 25.9. The molecule has 198 valence electrons. The molecule has 1 aliphatic rings. The summed E-state index contributed by atoms with van der Waals surface area (Å²) < 4.78 is 16.3. The minimum Gasteiger partial charge on any atom is -0.493 e. The van der Waals surface area contributed by atoms with Gasteiger partial charge in [-0.05, 0) is 51.1 Å². The zero-order chi connectivity index (χ0) is 27.4. The second-order valence-corrected chi connectivity index (χ2v) is 9.33. The largest absolute Gasteiger partial charge is 0.493 e. The van der Waals surface area contributed by atoms with Crippen LogP contribution in [-0.4, -0.2) is 44.0 Å². The number of carbonyl (C=O) groups is 2. The standard InChI is InChI=1S/C32H29NO6/c1-37-29-15-14-22(18-30(29)38-2)21-9-7-8-20(16-21)17-28(31(34)35)33-32(36)39-19-27-25-12-5-3-10-23(25)24-11-4-6-13-26(24)27/h3-16,18,27-28H,17,19H2,1-2H3,(H,33,36)(H,34,35). The maximum atomic E-state index is 12.7. The monoisotopic (exact) mass is 523 g/mol. The lowest BCUT2D eigenvalue weighted by Crippen LogP contribution is -2.42. The molecule has 1 unspecified atom stereocenters. The van der Waals surface area contributed by atoms with Crippen molar-refractivity contribution in [2.75, 3.05) is 20.8 Å². The fourth-order valence-corrected chi connectivity index (χ4v) is 5.11. The number of methoxy groups -OCH3 is 2. The Labute approximate surface area is 227 Å². The summed E-state index contributed by atoms with van der Waals surface area (Å²) in [5.74, 6) is -0.0269. The quantitative estimate of drug-likeness (QED) is 0.284. The lowest BCUT2D eigenvalue weighted by Gasteiger charge is -2.18. The maximum Gasteiger partial charge on any atom is 0.407 e. The van der Waals surface area contributed by atoms with E-state index < -0.39 is 18.1 Å². The summed E-state index contributed by atoms with van der Waals surface area (Å²) in [6, 6.07) is 28.1. The number of carbonyl (C=O) groups excluding carboxylic acids is 1.